The molecule has 118 valence electrons. The van der Waals surface area contributed by atoms with Crippen LogP contribution in [0.25, 0.3) is 0 Å². The number of carbonyl (C=O) groups excluding carboxylic acids is 1. The number of likely N-dealkylation sites (N-methyl/N-ethyl adjacent to an activating group) is 1. The molecule has 0 unspecified atom stereocenters. The van der Waals surface area contributed by atoms with E-state index in [0.717, 1.165) is 11.9 Å². The number of rotatable bonds is 5. The molecule has 0 aromatic carbocycles. The number of amides is 1. The first-order chi connectivity index (χ1) is 8.80. The minimum atomic E-state index is -4.44. The Morgan fingerprint density at radius 3 is 2.15 bits per heavy atom. The van der Waals surface area contributed by atoms with Crippen LogP contribution in [0, 0.1) is 0 Å². The lowest BCUT2D eigenvalue weighted by Crippen LogP contribution is -2.50. The molecule has 0 fully saturated rings. The van der Waals surface area contributed by atoms with Crippen LogP contribution in [0.3, 0.4) is 0 Å². The number of ether oxygens (including phenoxy) is 1. The largest absolute Gasteiger partial charge is 0.480 e. The van der Waals surface area contributed by atoms with Crippen molar-refractivity contribution in [2.45, 2.75) is 38.6 Å². The van der Waals surface area contributed by atoms with Crippen molar-refractivity contribution < 1.29 is 32.6 Å². The number of carboxylic acids is 1. The molecule has 0 spiro atoms. The first kappa shape index (κ1) is 18.5. The van der Waals surface area contributed by atoms with Crippen LogP contribution in [-0.2, 0) is 9.53 Å². The van der Waals surface area contributed by atoms with Gasteiger partial charge in [-0.3, -0.25) is 4.90 Å². The minimum Gasteiger partial charge on any atom is -0.480 e. The minimum absolute atomic E-state index is 0.492. The number of carbonyl (C=O) groups is 2. The highest BCUT2D eigenvalue weighted by atomic mass is 19.4. The van der Waals surface area contributed by atoms with E-state index in [1.165, 1.54) is 0 Å². The number of alkyl halides is 3. The fourth-order valence-corrected chi connectivity index (χ4v) is 1.32. The zero-order valence-corrected chi connectivity index (χ0v) is 11.7. The summed E-state index contributed by atoms with van der Waals surface area (Å²) in [6.07, 6.45) is -5.44. The van der Waals surface area contributed by atoms with Gasteiger partial charge in [-0.05, 0) is 27.8 Å². The second-order valence-electron chi connectivity index (χ2n) is 5.35. The molecule has 0 saturated carbocycles. The van der Waals surface area contributed by atoms with Gasteiger partial charge in [0.2, 0.25) is 0 Å². The highest BCUT2D eigenvalue weighted by Crippen LogP contribution is 2.15. The van der Waals surface area contributed by atoms with Crippen LogP contribution in [0.1, 0.15) is 20.8 Å². The van der Waals surface area contributed by atoms with Crippen molar-refractivity contribution in [3.63, 3.8) is 0 Å². The predicted molar refractivity (Wildman–Crippen MR) is 64.3 cm³/mol. The van der Waals surface area contributed by atoms with Crippen LogP contribution in [0.2, 0.25) is 0 Å². The summed E-state index contributed by atoms with van der Waals surface area (Å²) in [6.45, 7) is 2.98. The Kier molecular flexibility index (Phi) is 6.27. The Morgan fingerprint density at radius 1 is 1.30 bits per heavy atom. The molecule has 0 aromatic heterocycles. The number of aliphatic carboxylic acids is 1. The van der Waals surface area contributed by atoms with Crippen LogP contribution >= 0.6 is 0 Å². The second-order valence-corrected chi connectivity index (χ2v) is 5.35. The van der Waals surface area contributed by atoms with Gasteiger partial charge in [0.15, 0.2) is 0 Å². The summed E-state index contributed by atoms with van der Waals surface area (Å²) < 4.78 is 41.3. The number of carboxylic acid groups (broad SMARTS) is 1. The molecule has 0 aromatic rings. The van der Waals surface area contributed by atoms with Gasteiger partial charge in [0.25, 0.3) is 0 Å². The molecule has 2 N–H and O–H groups in total. The van der Waals surface area contributed by atoms with E-state index in [2.05, 4.69) is 0 Å². The number of nitrogens with zero attached hydrogens (tertiary/aromatic N) is 1. The van der Waals surface area contributed by atoms with Gasteiger partial charge in [0, 0.05) is 6.54 Å². The summed E-state index contributed by atoms with van der Waals surface area (Å²) >= 11 is 0. The van der Waals surface area contributed by atoms with E-state index >= 15 is 0 Å². The van der Waals surface area contributed by atoms with E-state index in [1.54, 1.807) is 20.8 Å². The Labute approximate surface area is 114 Å². The van der Waals surface area contributed by atoms with E-state index in [9.17, 15) is 22.8 Å². The van der Waals surface area contributed by atoms with Crippen LogP contribution in [-0.4, -0.2) is 60.0 Å². The predicted octanol–water partition coefficient (Wildman–Crippen LogP) is 1.46. The van der Waals surface area contributed by atoms with Crippen LogP contribution < -0.4 is 5.32 Å². The SMILES string of the molecule is CN(C[C@H](NC(=O)OC(C)(C)C)C(=O)O)CC(F)(F)F. The molecule has 9 heteroatoms. The fourth-order valence-electron chi connectivity index (χ4n) is 1.32. The van der Waals surface area contributed by atoms with E-state index < -0.39 is 43.0 Å². The summed E-state index contributed by atoms with van der Waals surface area (Å²) in [5, 5.41) is 10.9. The number of halogens is 3. The first-order valence-corrected chi connectivity index (χ1v) is 5.78. The van der Waals surface area contributed by atoms with Crippen molar-refractivity contribution in [3.8, 4) is 0 Å². The Balaban J connectivity index is 4.52. The maximum atomic E-state index is 12.1. The molecule has 0 rings (SSSR count). The highest BCUT2D eigenvalue weighted by molar-refractivity contribution is 5.80. The lowest BCUT2D eigenvalue weighted by molar-refractivity contribution is -0.149. The maximum absolute atomic E-state index is 12.1. The molecule has 0 aliphatic heterocycles. The topological polar surface area (TPSA) is 78.9 Å². The summed E-state index contributed by atoms with van der Waals surface area (Å²) in [5.41, 5.74) is -0.828. The van der Waals surface area contributed by atoms with Gasteiger partial charge in [-0.25, -0.2) is 9.59 Å². The van der Waals surface area contributed by atoms with Crippen LogP contribution in [0.5, 0.6) is 0 Å². The van der Waals surface area contributed by atoms with Crippen molar-refractivity contribution in [1.29, 1.82) is 0 Å². The van der Waals surface area contributed by atoms with Gasteiger partial charge < -0.3 is 15.2 Å². The number of alkyl carbamates (subject to hydrolysis) is 1. The Morgan fingerprint density at radius 2 is 1.80 bits per heavy atom. The monoisotopic (exact) mass is 300 g/mol. The summed E-state index contributed by atoms with van der Waals surface area (Å²) in [7, 11) is 1.11. The zero-order valence-electron chi connectivity index (χ0n) is 11.7. The third kappa shape index (κ3) is 9.42. The fraction of sp³-hybridized carbons (Fsp3) is 0.818. The molecule has 1 amide bonds. The second kappa shape index (κ2) is 6.78. The number of hydrogen-bond donors (Lipinski definition) is 2. The Hall–Kier alpha value is -1.51. The van der Waals surface area contributed by atoms with Gasteiger partial charge in [0.1, 0.15) is 11.6 Å². The molecule has 0 aliphatic carbocycles. The molecule has 0 radical (unpaired) electrons. The average molecular weight is 300 g/mol. The van der Waals surface area contributed by atoms with Gasteiger partial charge in [-0.15, -0.1) is 0 Å². The van der Waals surface area contributed by atoms with Crippen molar-refractivity contribution in [1.82, 2.24) is 10.2 Å². The van der Waals surface area contributed by atoms with E-state index in [1.807, 2.05) is 5.32 Å². The first-order valence-electron chi connectivity index (χ1n) is 5.78. The molecule has 0 saturated heterocycles. The summed E-state index contributed by atoms with van der Waals surface area (Å²) in [5.74, 6) is -1.44. The third-order valence-corrected chi connectivity index (χ3v) is 1.93. The molecular formula is C11H19F3N2O4. The lowest BCUT2D eigenvalue weighted by Gasteiger charge is -2.25. The molecular weight excluding hydrogens is 281 g/mol. The number of hydrogen-bond acceptors (Lipinski definition) is 4. The molecule has 0 heterocycles. The molecule has 6 nitrogen and oxygen atoms in total. The zero-order chi connectivity index (χ0) is 16.1. The molecule has 1 atom stereocenters. The average Bonchev–Trinajstić information content (AvgIpc) is 2.09. The highest BCUT2D eigenvalue weighted by Gasteiger charge is 2.32. The van der Waals surface area contributed by atoms with Crippen LogP contribution in [0.4, 0.5) is 18.0 Å². The number of nitrogens with one attached hydrogen (secondary N) is 1. The molecule has 20 heavy (non-hydrogen) atoms. The summed E-state index contributed by atoms with van der Waals surface area (Å²) in [4.78, 5) is 23.1. The van der Waals surface area contributed by atoms with Gasteiger partial charge in [-0.2, -0.15) is 13.2 Å². The van der Waals surface area contributed by atoms with Crippen molar-refractivity contribution in [2.24, 2.45) is 0 Å². The van der Waals surface area contributed by atoms with Gasteiger partial charge in [0.05, 0.1) is 6.54 Å². The Bertz CT molecular complexity index is 353. The van der Waals surface area contributed by atoms with E-state index in [0.29, 0.717) is 0 Å². The third-order valence-electron chi connectivity index (χ3n) is 1.93. The van der Waals surface area contributed by atoms with Gasteiger partial charge in [-0.1, -0.05) is 0 Å². The van der Waals surface area contributed by atoms with Crippen LogP contribution in [0.15, 0.2) is 0 Å². The standard InChI is InChI=1S/C11H19F3N2O4/c1-10(2,3)20-9(19)15-7(8(17)18)5-16(4)6-11(12,13)14/h7H,5-6H2,1-4H3,(H,15,19)(H,17,18)/t7-/m0/s1. The normalized spacial score (nSPS) is 14.0. The summed E-state index contributed by atoms with van der Waals surface area (Å²) in [6, 6.07) is -1.49. The lowest BCUT2D eigenvalue weighted by atomic mass is 10.2. The van der Waals surface area contributed by atoms with Crippen molar-refractivity contribution in [2.75, 3.05) is 20.1 Å². The van der Waals surface area contributed by atoms with Gasteiger partial charge >= 0.3 is 18.2 Å². The maximum Gasteiger partial charge on any atom is 0.408 e. The quantitative estimate of drug-likeness (QED) is 0.803. The molecule has 0 aliphatic rings. The van der Waals surface area contributed by atoms with Crippen molar-refractivity contribution in [3.05, 3.63) is 0 Å². The smallest absolute Gasteiger partial charge is 0.408 e. The van der Waals surface area contributed by atoms with E-state index in [4.69, 9.17) is 9.84 Å². The van der Waals surface area contributed by atoms with Crippen molar-refractivity contribution >= 4 is 12.1 Å². The van der Waals surface area contributed by atoms with E-state index in [-0.39, 0.29) is 0 Å². The molecule has 0 bridgehead atoms.